The molecule has 0 aromatic heterocycles. The summed E-state index contributed by atoms with van der Waals surface area (Å²) >= 11 is 0. The van der Waals surface area contributed by atoms with Gasteiger partial charge in [0.2, 0.25) is 0 Å². The Kier molecular flexibility index (Phi) is 2.74. The summed E-state index contributed by atoms with van der Waals surface area (Å²) in [4.78, 5) is 0. The normalized spacial score (nSPS) is 27.8. The Labute approximate surface area is 137 Å². The second kappa shape index (κ2) is 4.65. The lowest BCUT2D eigenvalue weighted by atomic mass is 9.78. The highest BCUT2D eigenvalue weighted by atomic mass is 16.3. The molecule has 3 aromatic rings. The highest BCUT2D eigenvalue weighted by Gasteiger charge is 2.33. The van der Waals surface area contributed by atoms with Crippen molar-refractivity contribution in [2.75, 3.05) is 0 Å². The average Bonchev–Trinajstić information content (AvgIpc) is 2.61. The molecule has 0 amide bonds. The van der Waals surface area contributed by atoms with Gasteiger partial charge in [0.1, 0.15) is 24.4 Å². The van der Waals surface area contributed by atoms with Crippen LogP contribution < -0.4 is 0 Å². The van der Waals surface area contributed by atoms with Crippen LogP contribution in [0.2, 0.25) is 0 Å². The summed E-state index contributed by atoms with van der Waals surface area (Å²) in [7, 11) is 0. The van der Waals surface area contributed by atoms with Gasteiger partial charge in [0.15, 0.2) is 0 Å². The van der Waals surface area contributed by atoms with E-state index >= 15 is 0 Å². The van der Waals surface area contributed by atoms with Crippen LogP contribution in [0.15, 0.2) is 42.5 Å². The van der Waals surface area contributed by atoms with Gasteiger partial charge in [0.25, 0.3) is 0 Å². The van der Waals surface area contributed by atoms with E-state index in [0.717, 1.165) is 32.7 Å². The van der Waals surface area contributed by atoms with Gasteiger partial charge in [-0.2, -0.15) is 0 Å². The summed E-state index contributed by atoms with van der Waals surface area (Å²) in [6, 6.07) is 11.4. The molecule has 0 bridgehead atoms. The zero-order valence-electron chi connectivity index (χ0n) is 12.7. The lowest BCUT2D eigenvalue weighted by molar-refractivity contribution is 0.0172. The van der Waals surface area contributed by atoms with Gasteiger partial charge in [0.05, 0.1) is 0 Å². The number of rotatable bonds is 0. The number of fused-ring (bicyclic) bond motifs is 2. The van der Waals surface area contributed by atoms with Crippen LogP contribution >= 0.6 is 0 Å². The maximum absolute atomic E-state index is 10.6. The van der Waals surface area contributed by atoms with E-state index in [0.29, 0.717) is 11.1 Å². The fourth-order valence-corrected chi connectivity index (χ4v) is 4.14. The molecule has 3 aromatic carbocycles. The van der Waals surface area contributed by atoms with Gasteiger partial charge < -0.3 is 20.4 Å². The highest BCUT2D eigenvalue weighted by molar-refractivity contribution is 6.14. The van der Waals surface area contributed by atoms with Crippen molar-refractivity contribution in [2.45, 2.75) is 24.4 Å². The van der Waals surface area contributed by atoms with Gasteiger partial charge in [-0.15, -0.1) is 0 Å². The van der Waals surface area contributed by atoms with Gasteiger partial charge >= 0.3 is 0 Å². The zero-order valence-corrected chi connectivity index (χ0v) is 12.7. The fraction of sp³-hybridized carbons (Fsp3) is 0.200. The van der Waals surface area contributed by atoms with Crippen molar-refractivity contribution in [3.63, 3.8) is 0 Å². The van der Waals surface area contributed by atoms with Crippen LogP contribution in [-0.4, -0.2) is 26.5 Å². The molecule has 0 radical (unpaired) electrons. The largest absolute Gasteiger partial charge is 0.386 e. The minimum atomic E-state index is -1.06. The highest BCUT2D eigenvalue weighted by Crippen LogP contribution is 2.48. The molecule has 0 spiro atoms. The first-order valence-electron chi connectivity index (χ1n) is 8.00. The summed E-state index contributed by atoms with van der Waals surface area (Å²) in [5.74, 6) is 0. The predicted molar refractivity (Wildman–Crippen MR) is 91.4 cm³/mol. The Balaban J connectivity index is 2.02. The molecule has 5 rings (SSSR count). The second-order valence-corrected chi connectivity index (χ2v) is 6.59. The fourth-order valence-electron chi connectivity index (χ4n) is 4.14. The standard InChI is InChI=1S/C20H16O4/c21-15-7-6-10-11-5-4-9-2-1-3-12-16(9)17(11)14(20(24)19(12)23)8-13(10)18(15)22/h1-8,15,18-24H/t15-,18-,19+,20+/m0/s1. The molecule has 0 fully saturated rings. The maximum Gasteiger partial charge on any atom is 0.110 e. The molecule has 4 heteroatoms. The molecular weight excluding hydrogens is 304 g/mol. The number of hydrogen-bond donors (Lipinski definition) is 4. The van der Waals surface area contributed by atoms with Crippen LogP contribution in [-0.2, 0) is 0 Å². The molecule has 0 heterocycles. The van der Waals surface area contributed by atoms with Crippen molar-refractivity contribution in [3.8, 4) is 0 Å². The molecule has 4 N–H and O–H groups in total. The molecule has 0 saturated carbocycles. The summed E-state index contributed by atoms with van der Waals surface area (Å²) < 4.78 is 0. The number of aliphatic hydroxyl groups excluding tert-OH is 4. The van der Waals surface area contributed by atoms with E-state index in [1.165, 1.54) is 0 Å². The molecule has 24 heavy (non-hydrogen) atoms. The molecule has 120 valence electrons. The van der Waals surface area contributed by atoms with E-state index in [-0.39, 0.29) is 0 Å². The summed E-state index contributed by atoms with van der Waals surface area (Å²) in [6.45, 7) is 0. The van der Waals surface area contributed by atoms with Crippen molar-refractivity contribution in [2.24, 2.45) is 0 Å². The summed E-state index contributed by atoms with van der Waals surface area (Å²) in [5.41, 5.74) is 2.75. The van der Waals surface area contributed by atoms with Gasteiger partial charge in [-0.05, 0) is 49.9 Å². The SMILES string of the molecule is O[C@@H]1c2cccc3ccc4c5c(cc(c4c23)[C@H]1O)[C@H](O)[C@@H](O)C=C5. The molecule has 2 aliphatic carbocycles. The van der Waals surface area contributed by atoms with E-state index in [1.807, 2.05) is 36.4 Å². The van der Waals surface area contributed by atoms with E-state index in [9.17, 15) is 20.4 Å². The van der Waals surface area contributed by atoms with Crippen molar-refractivity contribution < 1.29 is 20.4 Å². The average molecular weight is 320 g/mol. The third-order valence-corrected chi connectivity index (χ3v) is 5.32. The van der Waals surface area contributed by atoms with Crippen LogP contribution in [0.3, 0.4) is 0 Å². The first kappa shape index (κ1) is 14.1. The van der Waals surface area contributed by atoms with E-state index in [1.54, 1.807) is 12.1 Å². The Morgan fingerprint density at radius 1 is 0.708 bits per heavy atom. The number of hydrogen-bond acceptors (Lipinski definition) is 4. The predicted octanol–water partition coefficient (Wildman–Crippen LogP) is 2.49. The van der Waals surface area contributed by atoms with Gasteiger partial charge in [-0.25, -0.2) is 0 Å². The third-order valence-electron chi connectivity index (χ3n) is 5.32. The van der Waals surface area contributed by atoms with E-state index in [4.69, 9.17) is 0 Å². The lowest BCUT2D eigenvalue weighted by Gasteiger charge is -2.31. The summed E-state index contributed by atoms with van der Waals surface area (Å²) in [6.07, 6.45) is -0.678. The molecule has 0 aliphatic heterocycles. The molecular formula is C20H16O4. The Morgan fingerprint density at radius 3 is 2.33 bits per heavy atom. The zero-order chi connectivity index (χ0) is 16.6. The minimum Gasteiger partial charge on any atom is -0.386 e. The van der Waals surface area contributed by atoms with E-state index in [2.05, 4.69) is 0 Å². The Morgan fingerprint density at radius 2 is 1.50 bits per heavy atom. The molecule has 0 unspecified atom stereocenters. The first-order valence-corrected chi connectivity index (χ1v) is 8.00. The topological polar surface area (TPSA) is 80.9 Å². The first-order chi connectivity index (χ1) is 11.6. The van der Waals surface area contributed by atoms with Crippen LogP contribution in [0.4, 0.5) is 0 Å². The third kappa shape index (κ3) is 1.61. The van der Waals surface area contributed by atoms with Crippen molar-refractivity contribution in [1.29, 1.82) is 0 Å². The van der Waals surface area contributed by atoms with Crippen molar-refractivity contribution >= 4 is 27.6 Å². The van der Waals surface area contributed by atoms with Crippen LogP contribution in [0, 0.1) is 0 Å². The molecule has 4 atom stereocenters. The summed E-state index contributed by atoms with van der Waals surface area (Å²) in [5, 5.41) is 45.2. The van der Waals surface area contributed by atoms with Crippen LogP contribution in [0.1, 0.15) is 40.6 Å². The lowest BCUT2D eigenvalue weighted by Crippen LogP contribution is -2.22. The van der Waals surface area contributed by atoms with Gasteiger partial charge in [-0.3, -0.25) is 0 Å². The van der Waals surface area contributed by atoms with Crippen LogP contribution in [0.5, 0.6) is 0 Å². The van der Waals surface area contributed by atoms with E-state index < -0.39 is 24.4 Å². The Bertz CT molecular complexity index is 1040. The molecule has 2 aliphatic rings. The number of aliphatic hydroxyl groups is 4. The second-order valence-electron chi connectivity index (χ2n) is 6.59. The quantitative estimate of drug-likeness (QED) is 0.480. The Hall–Kier alpha value is -2.24. The molecule has 4 nitrogen and oxygen atoms in total. The van der Waals surface area contributed by atoms with Gasteiger partial charge in [0, 0.05) is 0 Å². The minimum absolute atomic E-state index is 0.581. The maximum atomic E-state index is 10.6. The van der Waals surface area contributed by atoms with Crippen molar-refractivity contribution in [1.82, 2.24) is 0 Å². The monoisotopic (exact) mass is 320 g/mol. The van der Waals surface area contributed by atoms with Gasteiger partial charge in [-0.1, -0.05) is 42.5 Å². The van der Waals surface area contributed by atoms with Crippen LogP contribution in [0.25, 0.3) is 27.6 Å². The number of benzene rings is 3. The molecule has 0 saturated heterocycles. The van der Waals surface area contributed by atoms with Crippen molar-refractivity contribution in [3.05, 3.63) is 64.7 Å². The smallest absolute Gasteiger partial charge is 0.110 e.